The third-order valence-electron chi connectivity index (χ3n) is 5.92. The second-order valence-electron chi connectivity index (χ2n) is 7.62. The fourth-order valence-corrected chi connectivity index (χ4v) is 4.28. The summed E-state index contributed by atoms with van der Waals surface area (Å²) in [6, 6.07) is 13.1. The number of rotatable bonds is 3. The third kappa shape index (κ3) is 3.09. The molecule has 0 radical (unpaired) electrons. The monoisotopic (exact) mass is 390 g/mol. The Hall–Kier alpha value is -3.12. The quantitative estimate of drug-likeness (QED) is 0.593. The van der Waals surface area contributed by atoms with Gasteiger partial charge in [-0.1, -0.05) is 30.3 Å². The molecule has 1 saturated heterocycles. The first-order valence-electron chi connectivity index (χ1n) is 9.87. The first kappa shape index (κ1) is 17.9. The maximum absolute atomic E-state index is 12.8. The Bertz CT molecular complexity index is 998. The summed E-state index contributed by atoms with van der Waals surface area (Å²) in [6.07, 6.45) is 0. The highest BCUT2D eigenvalue weighted by molar-refractivity contribution is 6.39. The van der Waals surface area contributed by atoms with Gasteiger partial charge in [0.1, 0.15) is 0 Å². The fourth-order valence-electron chi connectivity index (χ4n) is 4.28. The smallest absolute Gasteiger partial charge is 0.231 e. The van der Waals surface area contributed by atoms with Crippen LogP contribution in [0.25, 0.3) is 0 Å². The van der Waals surface area contributed by atoms with Gasteiger partial charge in [0.25, 0.3) is 0 Å². The van der Waals surface area contributed by atoms with Gasteiger partial charge < -0.3 is 14.4 Å². The number of piperazine rings is 1. The molecule has 2 aromatic rings. The maximum atomic E-state index is 12.8. The van der Waals surface area contributed by atoms with E-state index in [1.54, 1.807) is 24.3 Å². The van der Waals surface area contributed by atoms with Crippen LogP contribution in [0.1, 0.15) is 33.2 Å². The predicted molar refractivity (Wildman–Crippen MR) is 107 cm³/mol. The van der Waals surface area contributed by atoms with Crippen molar-refractivity contribution in [2.75, 3.05) is 33.0 Å². The molecule has 29 heavy (non-hydrogen) atoms. The molecule has 148 valence electrons. The second kappa shape index (κ2) is 7.04. The number of Topliss-reactive ketones (excluding diaryl/α,β-unsaturated/α-hetero) is 2. The molecule has 0 spiro atoms. The van der Waals surface area contributed by atoms with E-state index < -0.39 is 0 Å². The minimum Gasteiger partial charge on any atom is -0.454 e. The molecule has 0 aromatic heterocycles. The van der Waals surface area contributed by atoms with Crippen molar-refractivity contribution >= 4 is 11.6 Å². The second-order valence-corrected chi connectivity index (χ2v) is 7.62. The lowest BCUT2D eigenvalue weighted by molar-refractivity contribution is 0.0975. The molecule has 2 aromatic carbocycles. The van der Waals surface area contributed by atoms with Crippen LogP contribution in [0, 0.1) is 0 Å². The van der Waals surface area contributed by atoms with Gasteiger partial charge in [-0.2, -0.15) is 0 Å². The summed E-state index contributed by atoms with van der Waals surface area (Å²) in [5.41, 5.74) is 3.35. The summed E-state index contributed by atoms with van der Waals surface area (Å²) in [5.74, 6) is 1.31. The Morgan fingerprint density at radius 3 is 2.24 bits per heavy atom. The average Bonchev–Trinajstić information content (AvgIpc) is 3.31. The molecule has 0 unspecified atom stereocenters. The van der Waals surface area contributed by atoms with E-state index >= 15 is 0 Å². The number of fused-ring (bicyclic) bond motifs is 2. The summed E-state index contributed by atoms with van der Waals surface area (Å²) in [5, 5.41) is 0. The molecule has 0 atom stereocenters. The Morgan fingerprint density at radius 2 is 1.55 bits per heavy atom. The summed E-state index contributed by atoms with van der Waals surface area (Å²) in [7, 11) is 0. The van der Waals surface area contributed by atoms with Gasteiger partial charge in [0.15, 0.2) is 23.1 Å². The van der Waals surface area contributed by atoms with Crippen LogP contribution in [0.15, 0.2) is 53.7 Å². The Balaban J connectivity index is 1.27. The molecule has 2 aliphatic heterocycles. The zero-order chi connectivity index (χ0) is 20.0. The minimum atomic E-state index is -0.147. The van der Waals surface area contributed by atoms with Crippen LogP contribution >= 0.6 is 0 Å². The zero-order valence-corrected chi connectivity index (χ0v) is 16.3. The van der Waals surface area contributed by atoms with Gasteiger partial charge in [0, 0.05) is 49.5 Å². The van der Waals surface area contributed by atoms with Crippen LogP contribution in [0.2, 0.25) is 0 Å². The predicted octanol–water partition coefficient (Wildman–Crippen LogP) is 2.89. The molecule has 6 nitrogen and oxygen atoms in total. The molecule has 0 bridgehead atoms. The number of benzene rings is 2. The van der Waals surface area contributed by atoms with Crippen molar-refractivity contribution < 1.29 is 19.1 Å². The first-order chi connectivity index (χ1) is 14.1. The molecule has 3 aliphatic rings. The van der Waals surface area contributed by atoms with Gasteiger partial charge in [-0.25, -0.2) is 0 Å². The first-order valence-corrected chi connectivity index (χ1v) is 9.87. The van der Waals surface area contributed by atoms with Gasteiger partial charge in [-0.15, -0.1) is 0 Å². The van der Waals surface area contributed by atoms with Gasteiger partial charge in [0.05, 0.1) is 5.57 Å². The standard InChI is InChI=1S/C23H22N2O4/c1-15(21-22(26)17-4-2-3-5-18(17)23(21)27)25-10-8-24(9-11-25)13-16-6-7-19-20(12-16)29-14-28-19/h2-7,12H,8-11,13-14H2,1H3. The highest BCUT2D eigenvalue weighted by atomic mass is 16.7. The highest BCUT2D eigenvalue weighted by Gasteiger charge is 2.35. The number of hydrogen-bond donors (Lipinski definition) is 0. The number of carbonyl (C=O) groups excluding carboxylic acids is 2. The van der Waals surface area contributed by atoms with Crippen LogP contribution in [0.3, 0.4) is 0 Å². The summed E-state index contributed by atoms with van der Waals surface area (Å²) < 4.78 is 10.8. The van der Waals surface area contributed by atoms with Crippen molar-refractivity contribution in [3.8, 4) is 11.5 Å². The van der Waals surface area contributed by atoms with Crippen molar-refractivity contribution in [3.63, 3.8) is 0 Å². The van der Waals surface area contributed by atoms with Crippen LogP contribution < -0.4 is 9.47 Å². The Kier molecular flexibility index (Phi) is 4.36. The van der Waals surface area contributed by atoms with Gasteiger partial charge in [-0.3, -0.25) is 14.5 Å². The summed E-state index contributed by atoms with van der Waals surface area (Å²) in [4.78, 5) is 30.0. The van der Waals surface area contributed by atoms with E-state index in [1.807, 2.05) is 19.1 Å². The van der Waals surface area contributed by atoms with E-state index in [0.29, 0.717) is 16.7 Å². The van der Waals surface area contributed by atoms with Crippen molar-refractivity contribution in [3.05, 3.63) is 70.4 Å². The van der Waals surface area contributed by atoms with Crippen molar-refractivity contribution in [1.82, 2.24) is 9.80 Å². The SMILES string of the molecule is CC(=C1C(=O)c2ccccc2C1=O)N1CCN(Cc2ccc3c(c2)OCO3)CC1. The van der Waals surface area contributed by atoms with E-state index in [2.05, 4.69) is 15.9 Å². The zero-order valence-electron chi connectivity index (χ0n) is 16.3. The van der Waals surface area contributed by atoms with Gasteiger partial charge in [-0.05, 0) is 24.6 Å². The molecule has 5 rings (SSSR count). The van der Waals surface area contributed by atoms with Crippen molar-refractivity contribution in [2.24, 2.45) is 0 Å². The summed E-state index contributed by atoms with van der Waals surface area (Å²) >= 11 is 0. The van der Waals surface area contributed by atoms with E-state index in [1.165, 1.54) is 5.56 Å². The van der Waals surface area contributed by atoms with Crippen molar-refractivity contribution in [2.45, 2.75) is 13.5 Å². The fraction of sp³-hybridized carbons (Fsp3) is 0.304. The van der Waals surface area contributed by atoms with Crippen molar-refractivity contribution in [1.29, 1.82) is 0 Å². The Morgan fingerprint density at radius 1 is 0.897 bits per heavy atom. The van der Waals surface area contributed by atoms with Crippen LogP contribution in [-0.2, 0) is 6.54 Å². The molecule has 1 aliphatic carbocycles. The molecular weight excluding hydrogens is 368 g/mol. The van der Waals surface area contributed by atoms with Crippen LogP contribution in [-0.4, -0.2) is 54.3 Å². The number of allylic oxidation sites excluding steroid dienone is 2. The van der Waals surface area contributed by atoms with E-state index in [4.69, 9.17) is 9.47 Å². The molecule has 1 fully saturated rings. The van der Waals surface area contributed by atoms with Crippen LogP contribution in [0.4, 0.5) is 0 Å². The lowest BCUT2D eigenvalue weighted by Gasteiger charge is -2.37. The minimum absolute atomic E-state index is 0.147. The van der Waals surface area contributed by atoms with E-state index in [-0.39, 0.29) is 18.4 Å². The highest BCUT2D eigenvalue weighted by Crippen LogP contribution is 2.33. The van der Waals surface area contributed by atoms with E-state index in [0.717, 1.165) is 49.9 Å². The molecule has 0 amide bonds. The van der Waals surface area contributed by atoms with E-state index in [9.17, 15) is 9.59 Å². The number of carbonyl (C=O) groups is 2. The number of ether oxygens (including phenoxy) is 2. The van der Waals surface area contributed by atoms with Gasteiger partial charge >= 0.3 is 0 Å². The number of hydrogen-bond acceptors (Lipinski definition) is 6. The van der Waals surface area contributed by atoms with Gasteiger partial charge in [0.2, 0.25) is 6.79 Å². The maximum Gasteiger partial charge on any atom is 0.231 e. The summed E-state index contributed by atoms with van der Waals surface area (Å²) in [6.45, 7) is 6.33. The topological polar surface area (TPSA) is 59.1 Å². The molecule has 0 N–H and O–H groups in total. The lowest BCUT2D eigenvalue weighted by Crippen LogP contribution is -2.45. The number of nitrogens with zero attached hydrogens (tertiary/aromatic N) is 2. The Labute approximate surface area is 169 Å². The average molecular weight is 390 g/mol. The molecular formula is C23H22N2O4. The molecule has 0 saturated carbocycles. The third-order valence-corrected chi connectivity index (χ3v) is 5.92. The molecule has 6 heteroatoms. The lowest BCUT2D eigenvalue weighted by atomic mass is 10.1. The molecule has 2 heterocycles. The van der Waals surface area contributed by atoms with Crippen LogP contribution in [0.5, 0.6) is 11.5 Å². The normalized spacial score (nSPS) is 18.4. The largest absolute Gasteiger partial charge is 0.454 e. The number of ketones is 2.